The van der Waals surface area contributed by atoms with Crippen molar-refractivity contribution in [1.82, 2.24) is 4.90 Å². The maximum atomic E-state index is 12.1. The molecule has 0 bridgehead atoms. The SMILES string of the molecule is CN(CC(=O)Nc1c(I)cc(I)cc1I)C(C)(C)C(=O)O. The van der Waals surface area contributed by atoms with Crippen LogP contribution in [0.2, 0.25) is 0 Å². The molecule has 0 aliphatic carbocycles. The van der Waals surface area contributed by atoms with Gasteiger partial charge in [-0.2, -0.15) is 0 Å². The lowest BCUT2D eigenvalue weighted by molar-refractivity contribution is -0.148. The van der Waals surface area contributed by atoms with Crippen LogP contribution in [-0.4, -0.2) is 41.0 Å². The molecule has 0 spiro atoms. The first-order valence-electron chi connectivity index (χ1n) is 5.94. The van der Waals surface area contributed by atoms with Crippen molar-refractivity contribution in [2.75, 3.05) is 18.9 Å². The van der Waals surface area contributed by atoms with Crippen LogP contribution < -0.4 is 5.32 Å². The van der Waals surface area contributed by atoms with E-state index in [2.05, 4.69) is 73.1 Å². The lowest BCUT2D eigenvalue weighted by Gasteiger charge is -2.30. The lowest BCUT2D eigenvalue weighted by Crippen LogP contribution is -2.50. The number of amides is 1. The van der Waals surface area contributed by atoms with Crippen molar-refractivity contribution in [3.8, 4) is 0 Å². The Labute approximate surface area is 164 Å². The van der Waals surface area contributed by atoms with Crippen LogP contribution in [0.1, 0.15) is 13.8 Å². The largest absolute Gasteiger partial charge is 0.480 e. The summed E-state index contributed by atoms with van der Waals surface area (Å²) in [4.78, 5) is 24.8. The van der Waals surface area contributed by atoms with E-state index >= 15 is 0 Å². The molecule has 8 heteroatoms. The summed E-state index contributed by atoms with van der Waals surface area (Å²) in [5, 5.41) is 12.0. The van der Waals surface area contributed by atoms with Gasteiger partial charge in [0.25, 0.3) is 0 Å². The maximum Gasteiger partial charge on any atom is 0.323 e. The summed E-state index contributed by atoms with van der Waals surface area (Å²) in [5.74, 6) is -1.19. The summed E-state index contributed by atoms with van der Waals surface area (Å²) >= 11 is 6.57. The van der Waals surface area contributed by atoms with Crippen LogP contribution in [0.15, 0.2) is 12.1 Å². The van der Waals surface area contributed by atoms with E-state index in [1.54, 1.807) is 20.9 Å². The molecule has 1 aromatic carbocycles. The quantitative estimate of drug-likeness (QED) is 0.492. The van der Waals surface area contributed by atoms with Gasteiger partial charge in [-0.25, -0.2) is 0 Å². The van der Waals surface area contributed by atoms with Gasteiger partial charge < -0.3 is 10.4 Å². The Bertz CT molecular complexity index is 553. The third-order valence-corrected chi connectivity index (χ3v) is 5.45. The average molecular weight is 628 g/mol. The highest BCUT2D eigenvalue weighted by molar-refractivity contribution is 14.1. The zero-order valence-corrected chi connectivity index (χ0v) is 18.2. The van der Waals surface area contributed by atoms with Gasteiger partial charge in [-0.05, 0) is 101 Å². The minimum absolute atomic E-state index is 0.0114. The van der Waals surface area contributed by atoms with Crippen LogP contribution in [0.3, 0.4) is 0 Å². The van der Waals surface area contributed by atoms with E-state index in [9.17, 15) is 9.59 Å². The molecular weight excluding hydrogens is 613 g/mol. The lowest BCUT2D eigenvalue weighted by atomic mass is 10.0. The second-order valence-electron chi connectivity index (χ2n) is 5.01. The molecule has 0 aromatic heterocycles. The summed E-state index contributed by atoms with van der Waals surface area (Å²) in [6, 6.07) is 3.95. The number of rotatable bonds is 5. The third-order valence-electron chi connectivity index (χ3n) is 3.13. The number of nitrogens with one attached hydrogen (secondary N) is 1. The van der Waals surface area contributed by atoms with Gasteiger partial charge in [0, 0.05) is 10.7 Å². The van der Waals surface area contributed by atoms with E-state index in [1.165, 1.54) is 4.90 Å². The number of hydrogen-bond donors (Lipinski definition) is 2. The maximum absolute atomic E-state index is 12.1. The molecular formula is C13H15I3N2O3. The van der Waals surface area contributed by atoms with Crippen LogP contribution >= 0.6 is 67.8 Å². The van der Waals surface area contributed by atoms with Gasteiger partial charge in [0.05, 0.1) is 12.2 Å². The molecule has 0 saturated carbocycles. The number of hydrogen-bond acceptors (Lipinski definition) is 3. The fraction of sp³-hybridized carbons (Fsp3) is 0.385. The molecule has 1 rings (SSSR count). The van der Waals surface area contributed by atoms with Crippen LogP contribution in [-0.2, 0) is 9.59 Å². The molecule has 0 aliphatic rings. The molecule has 116 valence electrons. The molecule has 1 amide bonds. The van der Waals surface area contributed by atoms with E-state index in [0.717, 1.165) is 16.4 Å². The summed E-state index contributed by atoms with van der Waals surface area (Å²) in [7, 11) is 1.62. The summed E-state index contributed by atoms with van der Waals surface area (Å²) in [5.41, 5.74) is -0.327. The molecule has 5 nitrogen and oxygen atoms in total. The van der Waals surface area contributed by atoms with Gasteiger partial charge in [-0.15, -0.1) is 0 Å². The van der Waals surface area contributed by atoms with Gasteiger partial charge in [0.2, 0.25) is 5.91 Å². The number of carbonyl (C=O) groups excluding carboxylic acids is 1. The normalized spacial score (nSPS) is 11.6. The number of likely N-dealkylation sites (N-methyl/N-ethyl adjacent to an activating group) is 1. The molecule has 0 aliphatic heterocycles. The van der Waals surface area contributed by atoms with Crippen molar-refractivity contribution in [2.45, 2.75) is 19.4 Å². The van der Waals surface area contributed by atoms with E-state index in [1.807, 2.05) is 12.1 Å². The van der Waals surface area contributed by atoms with Gasteiger partial charge in [-0.1, -0.05) is 0 Å². The number of benzene rings is 1. The van der Waals surface area contributed by atoms with Gasteiger partial charge in [-0.3, -0.25) is 14.5 Å². The first-order valence-corrected chi connectivity index (χ1v) is 9.18. The molecule has 1 aromatic rings. The van der Waals surface area contributed by atoms with Crippen molar-refractivity contribution < 1.29 is 14.7 Å². The van der Waals surface area contributed by atoms with Crippen molar-refractivity contribution in [3.63, 3.8) is 0 Å². The number of aliphatic carboxylic acids is 1. The number of carbonyl (C=O) groups is 2. The zero-order chi connectivity index (χ0) is 16.4. The third kappa shape index (κ3) is 5.16. The van der Waals surface area contributed by atoms with Crippen LogP contribution in [0, 0.1) is 10.7 Å². The number of carboxylic acids is 1. The van der Waals surface area contributed by atoms with E-state index < -0.39 is 11.5 Å². The first-order chi connectivity index (χ1) is 9.55. The van der Waals surface area contributed by atoms with Gasteiger partial charge >= 0.3 is 5.97 Å². The van der Waals surface area contributed by atoms with Gasteiger partial charge in [0.1, 0.15) is 5.54 Å². The van der Waals surface area contributed by atoms with E-state index in [0.29, 0.717) is 0 Å². The Morgan fingerprint density at radius 2 is 1.71 bits per heavy atom. The average Bonchev–Trinajstić information content (AvgIpc) is 2.33. The standard InChI is InChI=1S/C13H15I3N2O3/c1-13(2,12(20)21)18(3)6-10(19)17-11-8(15)4-7(14)5-9(11)16/h4-5H,6H2,1-3H3,(H,17,19)(H,20,21). The van der Waals surface area contributed by atoms with Crippen molar-refractivity contribution in [1.29, 1.82) is 0 Å². The highest BCUT2D eigenvalue weighted by Crippen LogP contribution is 2.27. The van der Waals surface area contributed by atoms with Crippen molar-refractivity contribution >= 4 is 85.3 Å². The second-order valence-corrected chi connectivity index (χ2v) is 8.58. The number of halogens is 3. The molecule has 21 heavy (non-hydrogen) atoms. The van der Waals surface area contributed by atoms with Gasteiger partial charge in [0.15, 0.2) is 0 Å². The molecule has 0 radical (unpaired) electrons. The topological polar surface area (TPSA) is 69.6 Å². The fourth-order valence-electron chi connectivity index (χ4n) is 1.42. The smallest absolute Gasteiger partial charge is 0.323 e. The van der Waals surface area contributed by atoms with Crippen molar-refractivity contribution in [2.24, 2.45) is 0 Å². The zero-order valence-electron chi connectivity index (χ0n) is 11.7. The van der Waals surface area contributed by atoms with Crippen molar-refractivity contribution in [3.05, 3.63) is 22.8 Å². The predicted molar refractivity (Wildman–Crippen MR) is 108 cm³/mol. The predicted octanol–water partition coefficient (Wildman–Crippen LogP) is 3.23. The molecule has 0 atom stereocenters. The Morgan fingerprint density at radius 1 is 1.24 bits per heavy atom. The van der Waals surface area contributed by atoms with E-state index in [-0.39, 0.29) is 12.5 Å². The van der Waals surface area contributed by atoms with E-state index in [4.69, 9.17) is 5.11 Å². The molecule has 0 fully saturated rings. The number of anilines is 1. The molecule has 2 N–H and O–H groups in total. The van der Waals surface area contributed by atoms with Crippen LogP contribution in [0.4, 0.5) is 5.69 Å². The summed E-state index contributed by atoms with van der Waals surface area (Å²) in [6.45, 7) is 3.15. The Morgan fingerprint density at radius 3 is 2.14 bits per heavy atom. The van der Waals surface area contributed by atoms with Crippen LogP contribution in [0.25, 0.3) is 0 Å². The molecule has 0 heterocycles. The Kier molecular flexibility index (Phi) is 7.12. The number of carboxylic acid groups (broad SMARTS) is 1. The fourth-order valence-corrected chi connectivity index (χ4v) is 5.27. The highest BCUT2D eigenvalue weighted by Gasteiger charge is 2.33. The first kappa shape index (κ1) is 19.4. The highest BCUT2D eigenvalue weighted by atomic mass is 127. The molecule has 0 saturated heterocycles. The summed E-state index contributed by atoms with van der Waals surface area (Å²) < 4.78 is 3.01. The molecule has 0 unspecified atom stereocenters. The second kappa shape index (κ2) is 7.73. The minimum atomic E-state index is -1.09. The monoisotopic (exact) mass is 628 g/mol. The van der Waals surface area contributed by atoms with Crippen LogP contribution in [0.5, 0.6) is 0 Å². The minimum Gasteiger partial charge on any atom is -0.480 e. The summed E-state index contributed by atoms with van der Waals surface area (Å²) in [6.07, 6.45) is 0. The Balaban J connectivity index is 2.82. The number of nitrogens with zero attached hydrogens (tertiary/aromatic N) is 1. The Hall–Kier alpha value is 0.310.